The van der Waals surface area contributed by atoms with Crippen molar-refractivity contribution in [3.8, 4) is 0 Å². The van der Waals surface area contributed by atoms with Crippen LogP contribution in [0, 0.1) is 0 Å². The summed E-state index contributed by atoms with van der Waals surface area (Å²) < 4.78 is 0. The first-order chi connectivity index (χ1) is 7.86. The van der Waals surface area contributed by atoms with Gasteiger partial charge in [0.25, 0.3) is 0 Å². The zero-order valence-corrected chi connectivity index (χ0v) is 10.2. The van der Waals surface area contributed by atoms with Gasteiger partial charge in [0.1, 0.15) is 0 Å². The highest BCUT2D eigenvalue weighted by molar-refractivity contribution is 5.99. The average Bonchev–Trinajstić information content (AvgIpc) is 2.29. The van der Waals surface area contributed by atoms with E-state index < -0.39 is 11.4 Å². The summed E-state index contributed by atoms with van der Waals surface area (Å²) in [4.78, 5) is 22.8. The lowest BCUT2D eigenvalue weighted by Crippen LogP contribution is -2.47. The molecule has 0 atom stereocenters. The molecule has 0 aliphatic heterocycles. The first-order valence-corrected chi connectivity index (χ1v) is 5.27. The third-order valence-corrected chi connectivity index (χ3v) is 2.60. The topological polar surface area (TPSA) is 84.2 Å². The van der Waals surface area contributed by atoms with Gasteiger partial charge in [-0.3, -0.25) is 9.59 Å². The fourth-order valence-electron chi connectivity index (χ4n) is 1.15. The molecule has 17 heavy (non-hydrogen) atoms. The summed E-state index contributed by atoms with van der Waals surface area (Å²) in [5.74, 6) is -0.699. The summed E-state index contributed by atoms with van der Waals surface area (Å²) in [6.45, 7) is 3.53. The molecule has 0 aliphatic rings. The van der Waals surface area contributed by atoms with Crippen molar-refractivity contribution in [3.63, 3.8) is 0 Å². The molecule has 0 bridgehead atoms. The fraction of sp³-hybridized carbons (Fsp3) is 0.333. The highest BCUT2D eigenvalue weighted by atomic mass is 16.2. The molecule has 4 N–H and O–H groups in total. The van der Waals surface area contributed by atoms with Crippen molar-refractivity contribution in [2.75, 3.05) is 12.4 Å². The van der Waals surface area contributed by atoms with E-state index in [2.05, 4.69) is 10.6 Å². The van der Waals surface area contributed by atoms with Crippen molar-refractivity contribution in [3.05, 3.63) is 29.8 Å². The molecular formula is C12H17N3O2. The molecule has 0 saturated heterocycles. The molecule has 92 valence electrons. The van der Waals surface area contributed by atoms with E-state index in [0.29, 0.717) is 11.3 Å². The Bertz CT molecular complexity index is 441. The summed E-state index contributed by atoms with van der Waals surface area (Å²) in [6.07, 6.45) is 0. The summed E-state index contributed by atoms with van der Waals surface area (Å²) in [5.41, 5.74) is 5.40. The Hall–Kier alpha value is -1.88. The van der Waals surface area contributed by atoms with Gasteiger partial charge >= 0.3 is 0 Å². The van der Waals surface area contributed by atoms with E-state index >= 15 is 0 Å². The molecule has 1 aromatic rings. The molecule has 1 rings (SSSR count). The molecular weight excluding hydrogens is 218 g/mol. The highest BCUT2D eigenvalue weighted by Gasteiger charge is 2.25. The fourth-order valence-corrected chi connectivity index (χ4v) is 1.15. The van der Waals surface area contributed by atoms with E-state index in [1.165, 1.54) is 0 Å². The Labute approximate surface area is 100 Å². The Balaban J connectivity index is 2.86. The number of nitrogens with one attached hydrogen (secondary N) is 2. The van der Waals surface area contributed by atoms with Gasteiger partial charge in [-0.15, -0.1) is 0 Å². The number of anilines is 1. The molecule has 0 fully saturated rings. The van der Waals surface area contributed by atoms with Crippen LogP contribution >= 0.6 is 0 Å². The van der Waals surface area contributed by atoms with E-state index in [0.717, 1.165) is 0 Å². The second-order valence-electron chi connectivity index (χ2n) is 4.27. The number of rotatable bonds is 4. The lowest BCUT2D eigenvalue weighted by molar-refractivity contribution is -0.121. The van der Waals surface area contributed by atoms with E-state index in [-0.39, 0.29) is 5.91 Å². The minimum Gasteiger partial charge on any atom is -0.366 e. The molecule has 0 heterocycles. The number of carbonyl (C=O) groups excluding carboxylic acids is 2. The minimum absolute atomic E-state index is 0.179. The lowest BCUT2D eigenvalue weighted by Gasteiger charge is -2.22. The average molecular weight is 235 g/mol. The van der Waals surface area contributed by atoms with Crippen molar-refractivity contribution < 1.29 is 9.59 Å². The van der Waals surface area contributed by atoms with Crippen LogP contribution in [0.4, 0.5) is 5.69 Å². The first-order valence-electron chi connectivity index (χ1n) is 5.27. The van der Waals surface area contributed by atoms with E-state index in [1.807, 2.05) is 0 Å². The Morgan fingerprint density at radius 2 is 1.94 bits per heavy atom. The van der Waals surface area contributed by atoms with Crippen LogP contribution < -0.4 is 16.4 Å². The monoisotopic (exact) mass is 235 g/mol. The van der Waals surface area contributed by atoms with Crippen LogP contribution in [-0.4, -0.2) is 24.4 Å². The minimum atomic E-state index is -0.678. The molecule has 0 spiro atoms. The zero-order valence-electron chi connectivity index (χ0n) is 10.2. The van der Waals surface area contributed by atoms with Gasteiger partial charge in [0.15, 0.2) is 0 Å². The van der Waals surface area contributed by atoms with Gasteiger partial charge < -0.3 is 16.4 Å². The Morgan fingerprint density at radius 1 is 1.29 bits per heavy atom. The van der Waals surface area contributed by atoms with Crippen molar-refractivity contribution in [2.45, 2.75) is 19.4 Å². The van der Waals surface area contributed by atoms with Crippen molar-refractivity contribution in [1.29, 1.82) is 0 Å². The number of carbonyl (C=O) groups is 2. The van der Waals surface area contributed by atoms with E-state index in [9.17, 15) is 9.59 Å². The van der Waals surface area contributed by atoms with Crippen LogP contribution in [0.1, 0.15) is 24.2 Å². The standard InChI is InChI=1S/C12H17N3O2/c1-12(2,14-3)11(17)15-9-6-4-5-8(7-9)10(13)16/h4-7,14H,1-3H3,(H2,13,16)(H,15,17). The predicted octanol–water partition coefficient (Wildman–Crippen LogP) is 0.722. The summed E-state index contributed by atoms with van der Waals surface area (Å²) in [5, 5.41) is 5.61. The van der Waals surface area contributed by atoms with E-state index in [4.69, 9.17) is 5.73 Å². The van der Waals surface area contributed by atoms with Crippen LogP contribution in [-0.2, 0) is 4.79 Å². The van der Waals surface area contributed by atoms with Gasteiger partial charge in [-0.05, 0) is 39.1 Å². The van der Waals surface area contributed by atoms with Crippen LogP contribution in [0.15, 0.2) is 24.3 Å². The Morgan fingerprint density at radius 3 is 2.47 bits per heavy atom. The zero-order chi connectivity index (χ0) is 13.1. The quantitative estimate of drug-likeness (QED) is 0.719. The van der Waals surface area contributed by atoms with Crippen LogP contribution in [0.2, 0.25) is 0 Å². The van der Waals surface area contributed by atoms with Gasteiger partial charge in [0, 0.05) is 11.3 Å². The third-order valence-electron chi connectivity index (χ3n) is 2.60. The van der Waals surface area contributed by atoms with Crippen LogP contribution in [0.5, 0.6) is 0 Å². The maximum absolute atomic E-state index is 11.9. The molecule has 5 nitrogen and oxygen atoms in total. The summed E-state index contributed by atoms with van der Waals surface area (Å²) >= 11 is 0. The molecule has 0 radical (unpaired) electrons. The maximum atomic E-state index is 11.9. The van der Waals surface area contributed by atoms with Gasteiger partial charge in [-0.25, -0.2) is 0 Å². The molecule has 0 unspecified atom stereocenters. The molecule has 0 aromatic heterocycles. The first kappa shape index (κ1) is 13.2. The van der Waals surface area contributed by atoms with Gasteiger partial charge in [-0.1, -0.05) is 6.07 Å². The van der Waals surface area contributed by atoms with Crippen LogP contribution in [0.25, 0.3) is 0 Å². The molecule has 5 heteroatoms. The number of likely N-dealkylation sites (N-methyl/N-ethyl adjacent to an activating group) is 1. The normalized spacial score (nSPS) is 11.0. The number of primary amides is 1. The maximum Gasteiger partial charge on any atom is 0.248 e. The number of nitrogens with two attached hydrogens (primary N) is 1. The number of amides is 2. The third kappa shape index (κ3) is 3.29. The molecule has 0 saturated carbocycles. The SMILES string of the molecule is CNC(C)(C)C(=O)Nc1cccc(C(N)=O)c1. The van der Waals surface area contributed by atoms with Crippen LogP contribution in [0.3, 0.4) is 0 Å². The van der Waals surface area contributed by atoms with E-state index in [1.54, 1.807) is 45.2 Å². The van der Waals surface area contributed by atoms with Gasteiger partial charge in [0.2, 0.25) is 11.8 Å². The smallest absolute Gasteiger partial charge is 0.248 e. The largest absolute Gasteiger partial charge is 0.366 e. The summed E-state index contributed by atoms with van der Waals surface area (Å²) in [7, 11) is 1.71. The molecule has 2 amide bonds. The Kier molecular flexibility index (Phi) is 3.85. The van der Waals surface area contributed by atoms with Gasteiger partial charge in [-0.2, -0.15) is 0 Å². The second-order valence-corrected chi connectivity index (χ2v) is 4.27. The molecule has 0 aliphatic carbocycles. The van der Waals surface area contributed by atoms with Crippen molar-refractivity contribution in [1.82, 2.24) is 5.32 Å². The number of hydrogen-bond donors (Lipinski definition) is 3. The highest BCUT2D eigenvalue weighted by Crippen LogP contribution is 2.12. The number of hydrogen-bond acceptors (Lipinski definition) is 3. The summed E-state index contributed by atoms with van der Waals surface area (Å²) in [6, 6.07) is 6.52. The van der Waals surface area contributed by atoms with Gasteiger partial charge in [0.05, 0.1) is 5.54 Å². The lowest BCUT2D eigenvalue weighted by atomic mass is 10.0. The van der Waals surface area contributed by atoms with Crippen molar-refractivity contribution >= 4 is 17.5 Å². The number of benzene rings is 1. The molecule has 1 aromatic carbocycles. The van der Waals surface area contributed by atoms with Crippen molar-refractivity contribution in [2.24, 2.45) is 5.73 Å². The predicted molar refractivity (Wildman–Crippen MR) is 66.7 cm³/mol. The second kappa shape index (κ2) is 4.97.